The second kappa shape index (κ2) is 8.12. The molecule has 0 saturated carbocycles. The second-order valence-corrected chi connectivity index (χ2v) is 7.36. The van der Waals surface area contributed by atoms with Crippen LogP contribution in [0.4, 0.5) is 5.82 Å². The molecule has 3 heterocycles. The van der Waals surface area contributed by atoms with Gasteiger partial charge < -0.3 is 14.9 Å². The monoisotopic (exact) mass is 378 g/mol. The third-order valence-electron chi connectivity index (χ3n) is 5.59. The molecule has 28 heavy (non-hydrogen) atoms. The highest BCUT2D eigenvalue weighted by Gasteiger charge is 2.26. The van der Waals surface area contributed by atoms with Crippen LogP contribution in [0.25, 0.3) is 16.8 Å². The summed E-state index contributed by atoms with van der Waals surface area (Å²) >= 11 is 0. The maximum Gasteiger partial charge on any atom is 0.165 e. The van der Waals surface area contributed by atoms with Crippen molar-refractivity contribution in [3.8, 4) is 11.1 Å². The topological polar surface area (TPSA) is 58.1 Å². The molecule has 0 unspecified atom stereocenters. The number of aliphatic hydroxyl groups is 1. The van der Waals surface area contributed by atoms with Crippen molar-refractivity contribution in [1.29, 1.82) is 0 Å². The van der Waals surface area contributed by atoms with Crippen molar-refractivity contribution in [1.82, 2.24) is 14.6 Å². The third-order valence-corrected chi connectivity index (χ3v) is 5.59. The fourth-order valence-corrected chi connectivity index (χ4v) is 4.09. The molecule has 1 aliphatic rings. The largest absolute Gasteiger partial charge is 0.391 e. The fourth-order valence-electron chi connectivity index (χ4n) is 4.09. The number of piperazine rings is 1. The number of fused-ring (bicyclic) bond motifs is 1. The molecule has 1 aliphatic heterocycles. The highest BCUT2D eigenvalue weighted by molar-refractivity contribution is 5.79. The van der Waals surface area contributed by atoms with E-state index >= 15 is 0 Å². The Morgan fingerprint density at radius 1 is 1.21 bits per heavy atom. The standard InChI is InChI=1S/C22H27N5O/c1-3-7-19-17(2)24-21-20(18-8-5-4-6-9-18)16-23-27(21)22(19)26-12-10-25(11-13-26)14-15-28/h3-6,8-9,16,28H,1,7,10-15H2,2H3/p+1. The van der Waals surface area contributed by atoms with E-state index in [9.17, 15) is 5.11 Å². The summed E-state index contributed by atoms with van der Waals surface area (Å²) in [5.41, 5.74) is 5.31. The van der Waals surface area contributed by atoms with E-state index in [1.54, 1.807) is 0 Å². The third kappa shape index (κ3) is 3.41. The summed E-state index contributed by atoms with van der Waals surface area (Å²) in [6.07, 6.45) is 4.63. The van der Waals surface area contributed by atoms with Gasteiger partial charge in [0.15, 0.2) is 5.65 Å². The molecule has 4 rings (SSSR count). The number of quaternary nitrogens is 1. The zero-order chi connectivity index (χ0) is 19.5. The number of nitrogens with zero attached hydrogens (tertiary/aromatic N) is 4. The predicted molar refractivity (Wildman–Crippen MR) is 112 cm³/mol. The van der Waals surface area contributed by atoms with Gasteiger partial charge in [-0.15, -0.1) is 6.58 Å². The number of aromatic nitrogens is 3. The molecule has 2 aromatic heterocycles. The van der Waals surface area contributed by atoms with Crippen molar-refractivity contribution >= 4 is 11.5 Å². The van der Waals surface area contributed by atoms with Crippen LogP contribution in [-0.2, 0) is 6.42 Å². The van der Waals surface area contributed by atoms with Gasteiger partial charge in [0.25, 0.3) is 0 Å². The van der Waals surface area contributed by atoms with Crippen LogP contribution in [0, 0.1) is 6.92 Å². The minimum Gasteiger partial charge on any atom is -0.391 e. The number of benzene rings is 1. The molecule has 3 aromatic rings. The summed E-state index contributed by atoms with van der Waals surface area (Å²) < 4.78 is 2.01. The van der Waals surface area contributed by atoms with E-state index < -0.39 is 0 Å². The van der Waals surface area contributed by atoms with Crippen molar-refractivity contribution in [3.63, 3.8) is 0 Å². The Morgan fingerprint density at radius 3 is 2.64 bits per heavy atom. The molecule has 2 N–H and O–H groups in total. The number of anilines is 1. The van der Waals surface area contributed by atoms with Crippen molar-refractivity contribution in [2.75, 3.05) is 44.2 Å². The van der Waals surface area contributed by atoms with Gasteiger partial charge in [-0.3, -0.25) is 0 Å². The molecular formula is C22H28N5O+. The highest BCUT2D eigenvalue weighted by atomic mass is 16.3. The number of allylic oxidation sites excluding steroid dienone is 1. The Bertz CT molecular complexity index is 958. The van der Waals surface area contributed by atoms with Crippen LogP contribution in [0.1, 0.15) is 11.3 Å². The van der Waals surface area contributed by atoms with Crippen molar-refractivity contribution in [2.45, 2.75) is 13.3 Å². The van der Waals surface area contributed by atoms with E-state index in [2.05, 4.69) is 30.5 Å². The number of hydrogen-bond acceptors (Lipinski definition) is 4. The summed E-state index contributed by atoms with van der Waals surface area (Å²) in [7, 11) is 0. The molecule has 1 aromatic carbocycles. The number of nitrogens with one attached hydrogen (secondary N) is 1. The average Bonchev–Trinajstić information content (AvgIpc) is 3.13. The summed E-state index contributed by atoms with van der Waals surface area (Å²) in [6.45, 7) is 11.0. The average molecular weight is 379 g/mol. The summed E-state index contributed by atoms with van der Waals surface area (Å²) in [5.74, 6) is 1.13. The lowest BCUT2D eigenvalue weighted by molar-refractivity contribution is -0.900. The van der Waals surface area contributed by atoms with Gasteiger partial charge in [-0.05, 0) is 18.9 Å². The molecule has 0 bridgehead atoms. The molecule has 0 spiro atoms. The molecule has 146 valence electrons. The van der Waals surface area contributed by atoms with Crippen LogP contribution in [0.15, 0.2) is 49.2 Å². The Balaban J connectivity index is 1.80. The predicted octanol–water partition coefficient (Wildman–Crippen LogP) is 1.13. The van der Waals surface area contributed by atoms with Gasteiger partial charge in [0.05, 0.1) is 39.0 Å². The summed E-state index contributed by atoms with van der Waals surface area (Å²) in [6, 6.07) is 10.3. The van der Waals surface area contributed by atoms with E-state index in [1.165, 1.54) is 10.5 Å². The lowest BCUT2D eigenvalue weighted by Crippen LogP contribution is -3.15. The number of rotatable bonds is 6. The first-order chi connectivity index (χ1) is 13.7. The molecule has 1 saturated heterocycles. The Kier molecular flexibility index (Phi) is 5.41. The van der Waals surface area contributed by atoms with Crippen LogP contribution < -0.4 is 9.80 Å². The zero-order valence-electron chi connectivity index (χ0n) is 16.4. The van der Waals surface area contributed by atoms with Gasteiger partial charge in [0.1, 0.15) is 12.4 Å². The van der Waals surface area contributed by atoms with Crippen LogP contribution in [0.5, 0.6) is 0 Å². The molecule has 0 amide bonds. The molecule has 6 nitrogen and oxygen atoms in total. The van der Waals surface area contributed by atoms with Crippen molar-refractivity contribution < 1.29 is 10.0 Å². The van der Waals surface area contributed by atoms with Gasteiger partial charge in [-0.1, -0.05) is 36.4 Å². The van der Waals surface area contributed by atoms with Gasteiger partial charge in [-0.2, -0.15) is 9.61 Å². The zero-order valence-corrected chi connectivity index (χ0v) is 16.4. The number of aliphatic hydroxyl groups excluding tert-OH is 1. The quantitative estimate of drug-likeness (QED) is 0.632. The van der Waals surface area contributed by atoms with Crippen LogP contribution >= 0.6 is 0 Å². The highest BCUT2D eigenvalue weighted by Crippen LogP contribution is 2.30. The normalized spacial score (nSPS) is 15.3. The van der Waals surface area contributed by atoms with Crippen LogP contribution in [0.3, 0.4) is 0 Å². The minimum absolute atomic E-state index is 0.245. The first-order valence-electron chi connectivity index (χ1n) is 9.95. The SMILES string of the molecule is C=CCc1c(C)nc2c(-c3ccccc3)cnn2c1N1CC[NH+](CCO)CC1. The lowest BCUT2D eigenvalue weighted by atomic mass is 10.1. The molecule has 6 heteroatoms. The van der Waals surface area contributed by atoms with Crippen molar-refractivity contribution in [2.24, 2.45) is 0 Å². The Labute approximate surface area is 165 Å². The Morgan fingerprint density at radius 2 is 1.96 bits per heavy atom. The van der Waals surface area contributed by atoms with Crippen LogP contribution in [0.2, 0.25) is 0 Å². The maximum absolute atomic E-state index is 9.24. The first-order valence-corrected chi connectivity index (χ1v) is 9.95. The van der Waals surface area contributed by atoms with Crippen molar-refractivity contribution in [3.05, 3.63) is 60.4 Å². The fraction of sp³-hybridized carbons (Fsp3) is 0.364. The molecular weight excluding hydrogens is 350 g/mol. The van der Waals surface area contributed by atoms with Gasteiger partial charge in [0.2, 0.25) is 0 Å². The van der Waals surface area contributed by atoms with Gasteiger partial charge in [-0.25, -0.2) is 4.98 Å². The Hall–Kier alpha value is -2.70. The summed E-state index contributed by atoms with van der Waals surface area (Å²) in [5, 5.41) is 14.0. The first kappa shape index (κ1) is 18.7. The van der Waals surface area contributed by atoms with E-state index in [0.29, 0.717) is 0 Å². The van der Waals surface area contributed by atoms with E-state index in [-0.39, 0.29) is 6.61 Å². The molecule has 1 fully saturated rings. The molecule has 0 radical (unpaired) electrons. The van der Waals surface area contributed by atoms with E-state index in [1.807, 2.05) is 35.0 Å². The van der Waals surface area contributed by atoms with E-state index in [4.69, 9.17) is 10.1 Å². The number of hydrogen-bond donors (Lipinski definition) is 2. The lowest BCUT2D eigenvalue weighted by Gasteiger charge is -2.34. The number of aryl methyl sites for hydroxylation is 1. The second-order valence-electron chi connectivity index (χ2n) is 7.36. The van der Waals surface area contributed by atoms with Crippen LogP contribution in [-0.4, -0.2) is 59.0 Å². The summed E-state index contributed by atoms with van der Waals surface area (Å²) in [4.78, 5) is 8.79. The smallest absolute Gasteiger partial charge is 0.165 e. The van der Waals surface area contributed by atoms with Gasteiger partial charge in [0, 0.05) is 16.8 Å². The van der Waals surface area contributed by atoms with Gasteiger partial charge >= 0.3 is 0 Å². The minimum atomic E-state index is 0.245. The molecule has 0 aliphatic carbocycles. The molecule has 0 atom stereocenters. The maximum atomic E-state index is 9.24. The van der Waals surface area contributed by atoms with E-state index in [0.717, 1.165) is 67.4 Å².